The Morgan fingerprint density at radius 1 is 1.44 bits per heavy atom. The summed E-state index contributed by atoms with van der Waals surface area (Å²) in [5.74, 6) is -0.634. The highest BCUT2D eigenvalue weighted by atomic mass is 19.3. The molecule has 4 heteroatoms. The van der Waals surface area contributed by atoms with Crippen molar-refractivity contribution in [2.24, 2.45) is 11.7 Å². The van der Waals surface area contributed by atoms with E-state index in [2.05, 4.69) is 5.32 Å². The van der Waals surface area contributed by atoms with Crippen LogP contribution in [0.4, 0.5) is 8.78 Å². The van der Waals surface area contributed by atoms with Gasteiger partial charge in [-0.15, -0.1) is 0 Å². The lowest BCUT2D eigenvalue weighted by molar-refractivity contribution is 0.0798. The van der Waals surface area contributed by atoms with Gasteiger partial charge in [0.2, 0.25) is 6.43 Å². The van der Waals surface area contributed by atoms with Crippen LogP contribution in [0.3, 0.4) is 0 Å². The molecule has 54 valence electrons. The van der Waals surface area contributed by atoms with E-state index in [1.165, 1.54) is 0 Å². The zero-order valence-corrected chi connectivity index (χ0v) is 4.98. The Labute approximate surface area is 52.4 Å². The first-order valence-corrected chi connectivity index (χ1v) is 2.96. The lowest BCUT2D eigenvalue weighted by atomic mass is 10.1. The number of rotatable bonds is 1. The molecule has 9 heavy (non-hydrogen) atoms. The van der Waals surface area contributed by atoms with E-state index in [-0.39, 0.29) is 6.04 Å². The minimum atomic E-state index is -2.27. The Morgan fingerprint density at radius 3 is 2.33 bits per heavy atom. The van der Waals surface area contributed by atoms with Crippen LogP contribution < -0.4 is 11.1 Å². The number of hydrogen-bond acceptors (Lipinski definition) is 2. The van der Waals surface area contributed by atoms with Crippen molar-refractivity contribution in [2.75, 3.05) is 13.1 Å². The summed E-state index contributed by atoms with van der Waals surface area (Å²) in [4.78, 5) is 0. The van der Waals surface area contributed by atoms with Gasteiger partial charge in [-0.3, -0.25) is 0 Å². The van der Waals surface area contributed by atoms with E-state index in [4.69, 9.17) is 5.73 Å². The molecule has 1 saturated heterocycles. The maximum atomic E-state index is 11.9. The Kier molecular flexibility index (Phi) is 1.97. The van der Waals surface area contributed by atoms with Crippen LogP contribution in [0.5, 0.6) is 0 Å². The van der Waals surface area contributed by atoms with Crippen LogP contribution in [0.15, 0.2) is 0 Å². The van der Waals surface area contributed by atoms with Crippen molar-refractivity contribution in [3.05, 3.63) is 0 Å². The fourth-order valence-electron chi connectivity index (χ4n) is 0.995. The number of nitrogens with one attached hydrogen (secondary N) is 1. The van der Waals surface area contributed by atoms with Gasteiger partial charge in [0.1, 0.15) is 0 Å². The summed E-state index contributed by atoms with van der Waals surface area (Å²) in [6.07, 6.45) is -2.27. The second-order valence-electron chi connectivity index (χ2n) is 2.32. The molecule has 1 aliphatic rings. The van der Waals surface area contributed by atoms with Crippen molar-refractivity contribution in [1.82, 2.24) is 5.32 Å². The molecule has 0 aromatic rings. The van der Waals surface area contributed by atoms with Crippen molar-refractivity contribution in [3.63, 3.8) is 0 Å². The van der Waals surface area contributed by atoms with Crippen molar-refractivity contribution in [2.45, 2.75) is 12.5 Å². The van der Waals surface area contributed by atoms with E-state index >= 15 is 0 Å². The van der Waals surface area contributed by atoms with Gasteiger partial charge in [0.15, 0.2) is 0 Å². The van der Waals surface area contributed by atoms with Crippen LogP contribution in [0.25, 0.3) is 0 Å². The molecule has 1 heterocycles. The van der Waals surface area contributed by atoms with Gasteiger partial charge >= 0.3 is 0 Å². The van der Waals surface area contributed by atoms with Gasteiger partial charge in [-0.05, 0) is 0 Å². The van der Waals surface area contributed by atoms with Gasteiger partial charge < -0.3 is 11.1 Å². The topological polar surface area (TPSA) is 38.0 Å². The van der Waals surface area contributed by atoms with Crippen molar-refractivity contribution in [1.29, 1.82) is 0 Å². The van der Waals surface area contributed by atoms with E-state index in [1.54, 1.807) is 0 Å². The van der Waals surface area contributed by atoms with Crippen LogP contribution in [-0.4, -0.2) is 25.6 Å². The molecule has 2 nitrogen and oxygen atoms in total. The summed E-state index contributed by atoms with van der Waals surface area (Å²) in [7, 11) is 0. The molecule has 0 aliphatic carbocycles. The Balaban J connectivity index is 2.40. The quantitative estimate of drug-likeness (QED) is 0.524. The molecule has 0 unspecified atom stereocenters. The predicted octanol–water partition coefficient (Wildman–Crippen LogP) is -0.202. The summed E-state index contributed by atoms with van der Waals surface area (Å²) in [6, 6.07) is -0.356. The molecule has 1 aliphatic heterocycles. The van der Waals surface area contributed by atoms with Gasteiger partial charge in [0.05, 0.1) is 0 Å². The smallest absolute Gasteiger partial charge is 0.244 e. The third-order valence-electron chi connectivity index (χ3n) is 1.63. The van der Waals surface area contributed by atoms with Gasteiger partial charge in [0, 0.05) is 25.0 Å². The SMILES string of the molecule is N[C@@H]1CNC[C@@H]1C(F)F. The average molecular weight is 136 g/mol. The molecule has 0 amide bonds. The summed E-state index contributed by atoms with van der Waals surface area (Å²) < 4.78 is 23.7. The molecular formula is C5H10F2N2. The lowest BCUT2D eigenvalue weighted by Crippen LogP contribution is -2.33. The highest BCUT2D eigenvalue weighted by molar-refractivity contribution is 4.84. The van der Waals surface area contributed by atoms with Gasteiger partial charge in [-0.2, -0.15) is 0 Å². The van der Waals surface area contributed by atoms with Gasteiger partial charge in [0.25, 0.3) is 0 Å². The molecule has 0 spiro atoms. The number of hydrogen-bond donors (Lipinski definition) is 2. The fraction of sp³-hybridized carbons (Fsp3) is 1.00. The molecule has 1 fully saturated rings. The molecule has 1 rings (SSSR count). The van der Waals surface area contributed by atoms with E-state index in [9.17, 15) is 8.78 Å². The summed E-state index contributed by atoms with van der Waals surface area (Å²) in [6.45, 7) is 0.883. The third-order valence-corrected chi connectivity index (χ3v) is 1.63. The minimum Gasteiger partial charge on any atom is -0.326 e. The second-order valence-corrected chi connectivity index (χ2v) is 2.32. The fourth-order valence-corrected chi connectivity index (χ4v) is 0.995. The maximum absolute atomic E-state index is 11.9. The molecule has 0 radical (unpaired) electrons. The first kappa shape index (κ1) is 6.89. The highest BCUT2D eigenvalue weighted by Gasteiger charge is 2.30. The molecule has 2 atom stereocenters. The van der Waals surface area contributed by atoms with Crippen molar-refractivity contribution < 1.29 is 8.78 Å². The van der Waals surface area contributed by atoms with Crippen molar-refractivity contribution in [3.8, 4) is 0 Å². The third kappa shape index (κ3) is 1.37. The molecular weight excluding hydrogens is 126 g/mol. The zero-order chi connectivity index (χ0) is 6.85. The molecule has 0 aromatic heterocycles. The predicted molar refractivity (Wildman–Crippen MR) is 30.3 cm³/mol. The van der Waals surface area contributed by atoms with Gasteiger partial charge in [-0.25, -0.2) is 8.78 Å². The van der Waals surface area contributed by atoms with Crippen molar-refractivity contribution >= 4 is 0 Å². The van der Waals surface area contributed by atoms with Gasteiger partial charge in [-0.1, -0.05) is 0 Å². The zero-order valence-electron chi connectivity index (χ0n) is 4.98. The van der Waals surface area contributed by atoms with E-state index in [0.717, 1.165) is 0 Å². The lowest BCUT2D eigenvalue weighted by Gasteiger charge is -2.11. The number of nitrogens with two attached hydrogens (primary N) is 1. The van der Waals surface area contributed by atoms with Crippen LogP contribution in [0.2, 0.25) is 0 Å². The normalized spacial score (nSPS) is 36.0. The van der Waals surface area contributed by atoms with Crippen LogP contribution in [-0.2, 0) is 0 Å². The highest BCUT2D eigenvalue weighted by Crippen LogP contribution is 2.15. The Morgan fingerprint density at radius 2 is 2.11 bits per heavy atom. The average Bonchev–Trinajstić information content (AvgIpc) is 2.13. The van der Waals surface area contributed by atoms with E-state index in [0.29, 0.717) is 13.1 Å². The second kappa shape index (κ2) is 2.58. The first-order chi connectivity index (χ1) is 4.22. The van der Waals surface area contributed by atoms with Crippen LogP contribution in [0.1, 0.15) is 0 Å². The summed E-state index contributed by atoms with van der Waals surface area (Å²) in [5, 5.41) is 2.80. The molecule has 0 saturated carbocycles. The maximum Gasteiger partial charge on any atom is 0.244 e. The number of alkyl halides is 2. The Bertz CT molecular complexity index is 97.0. The van der Waals surface area contributed by atoms with Crippen LogP contribution in [0, 0.1) is 5.92 Å². The van der Waals surface area contributed by atoms with E-state index < -0.39 is 12.3 Å². The first-order valence-electron chi connectivity index (χ1n) is 2.96. The number of halogens is 2. The summed E-state index contributed by atoms with van der Waals surface area (Å²) in [5.41, 5.74) is 5.34. The molecule has 3 N–H and O–H groups in total. The standard InChI is InChI=1S/C5H10F2N2/c6-5(7)3-1-9-2-4(3)8/h3-5,9H,1-2,8H2/t3-,4+/m0/s1. The van der Waals surface area contributed by atoms with E-state index in [1.807, 2.05) is 0 Å². The molecule has 0 bridgehead atoms. The largest absolute Gasteiger partial charge is 0.326 e. The summed E-state index contributed by atoms with van der Waals surface area (Å²) >= 11 is 0. The minimum absolute atomic E-state index is 0.356. The van der Waals surface area contributed by atoms with Crippen LogP contribution >= 0.6 is 0 Å². The Hall–Kier alpha value is -0.220. The molecule has 0 aromatic carbocycles. The monoisotopic (exact) mass is 136 g/mol.